The SMILES string of the molecule is C=COc1cc(N2C[C@H](CS(C)(=O)=O)[C@H]2C)cc(-n2ncc3c(C)nc(-c4cnccc4OC)cc32)n1. The second-order valence-corrected chi connectivity index (χ2v) is 11.4. The Morgan fingerprint density at radius 2 is 2.03 bits per heavy atom. The highest BCUT2D eigenvalue weighted by atomic mass is 32.2. The highest BCUT2D eigenvalue weighted by Gasteiger charge is 2.38. The van der Waals surface area contributed by atoms with Gasteiger partial charge in [-0.2, -0.15) is 10.1 Å². The van der Waals surface area contributed by atoms with Gasteiger partial charge in [0.05, 0.1) is 42.1 Å². The number of aryl methyl sites for hydroxylation is 1. The first-order valence-corrected chi connectivity index (χ1v) is 13.8. The van der Waals surface area contributed by atoms with E-state index in [-0.39, 0.29) is 17.7 Å². The van der Waals surface area contributed by atoms with Gasteiger partial charge in [-0.05, 0) is 26.0 Å². The van der Waals surface area contributed by atoms with Crippen molar-refractivity contribution in [2.24, 2.45) is 5.92 Å². The maximum Gasteiger partial charge on any atom is 0.222 e. The first-order chi connectivity index (χ1) is 17.7. The van der Waals surface area contributed by atoms with Gasteiger partial charge < -0.3 is 14.4 Å². The van der Waals surface area contributed by atoms with Gasteiger partial charge in [-0.15, -0.1) is 0 Å². The Morgan fingerprint density at radius 3 is 2.73 bits per heavy atom. The van der Waals surface area contributed by atoms with Crippen LogP contribution in [0.5, 0.6) is 11.6 Å². The molecule has 0 radical (unpaired) electrons. The number of sulfone groups is 1. The minimum absolute atomic E-state index is 0.0482. The van der Waals surface area contributed by atoms with E-state index in [0.29, 0.717) is 29.7 Å². The summed E-state index contributed by atoms with van der Waals surface area (Å²) in [6, 6.07) is 7.53. The second kappa shape index (κ2) is 9.47. The van der Waals surface area contributed by atoms with Crippen LogP contribution < -0.4 is 14.4 Å². The molecule has 0 amide bonds. The first-order valence-electron chi connectivity index (χ1n) is 11.8. The molecule has 0 aromatic carbocycles. The zero-order valence-corrected chi connectivity index (χ0v) is 21.9. The summed E-state index contributed by atoms with van der Waals surface area (Å²) < 4.78 is 36.4. The molecule has 10 nitrogen and oxygen atoms in total. The summed E-state index contributed by atoms with van der Waals surface area (Å²) in [5, 5.41) is 5.50. The van der Waals surface area contributed by atoms with E-state index < -0.39 is 9.84 Å². The normalized spacial score (nSPS) is 17.5. The van der Waals surface area contributed by atoms with Crippen molar-refractivity contribution in [1.29, 1.82) is 0 Å². The summed E-state index contributed by atoms with van der Waals surface area (Å²) in [6.07, 6.45) is 7.76. The minimum Gasteiger partial charge on any atom is -0.496 e. The molecule has 37 heavy (non-hydrogen) atoms. The van der Waals surface area contributed by atoms with E-state index in [1.54, 1.807) is 36.4 Å². The first kappa shape index (κ1) is 24.7. The average Bonchev–Trinajstić information content (AvgIpc) is 3.30. The summed E-state index contributed by atoms with van der Waals surface area (Å²) in [5.41, 5.74) is 3.96. The molecule has 0 saturated carbocycles. The van der Waals surface area contributed by atoms with Gasteiger partial charge in [0.25, 0.3) is 0 Å². The number of hydrogen-bond donors (Lipinski definition) is 0. The highest BCUT2D eigenvalue weighted by Crippen LogP contribution is 2.36. The highest BCUT2D eigenvalue weighted by molar-refractivity contribution is 7.90. The van der Waals surface area contributed by atoms with Crippen LogP contribution in [-0.4, -0.2) is 64.9 Å². The summed E-state index contributed by atoms with van der Waals surface area (Å²) in [6.45, 7) is 8.24. The number of methoxy groups -OCH3 is 1. The van der Waals surface area contributed by atoms with Crippen LogP contribution in [0.15, 0.2) is 55.7 Å². The monoisotopic (exact) mass is 520 g/mol. The standard InChI is InChI=1S/C26H28N6O4S/c1-6-36-26-10-19(31-14-18(17(31)3)15-37(5,33)34)9-25(30-26)32-23-11-22(29-16(2)20(23)13-28-32)21-12-27-8-7-24(21)35-4/h6-13,17-18H,1,14-15H2,2-5H3/t17-,18-/m1/s1. The van der Waals surface area contributed by atoms with Crippen LogP contribution >= 0.6 is 0 Å². The molecule has 4 aromatic heterocycles. The van der Waals surface area contributed by atoms with E-state index in [1.165, 1.54) is 12.5 Å². The predicted octanol–water partition coefficient (Wildman–Crippen LogP) is 3.59. The lowest BCUT2D eigenvalue weighted by Gasteiger charge is -2.48. The van der Waals surface area contributed by atoms with Gasteiger partial charge in [0, 0.05) is 66.1 Å². The molecule has 11 heteroatoms. The molecule has 1 aliphatic heterocycles. The Kier molecular flexibility index (Phi) is 6.32. The summed E-state index contributed by atoms with van der Waals surface area (Å²) in [5.74, 6) is 1.81. The van der Waals surface area contributed by atoms with E-state index in [4.69, 9.17) is 14.5 Å². The van der Waals surface area contributed by atoms with Gasteiger partial charge in [0.2, 0.25) is 5.88 Å². The number of aromatic nitrogens is 5. The van der Waals surface area contributed by atoms with E-state index in [0.717, 1.165) is 27.8 Å². The van der Waals surface area contributed by atoms with Crippen LogP contribution in [-0.2, 0) is 9.84 Å². The van der Waals surface area contributed by atoms with E-state index in [2.05, 4.69) is 26.5 Å². The molecule has 5 heterocycles. The maximum atomic E-state index is 11.8. The quantitative estimate of drug-likeness (QED) is 0.322. The lowest BCUT2D eigenvalue weighted by molar-refractivity contribution is 0.340. The van der Waals surface area contributed by atoms with Gasteiger partial charge in [0.1, 0.15) is 15.6 Å². The van der Waals surface area contributed by atoms with Gasteiger partial charge in [-0.1, -0.05) is 6.58 Å². The topological polar surface area (TPSA) is 112 Å². The minimum atomic E-state index is -3.05. The van der Waals surface area contributed by atoms with Crippen molar-refractivity contribution in [2.45, 2.75) is 19.9 Å². The molecule has 5 rings (SSSR count). The smallest absolute Gasteiger partial charge is 0.222 e. The fraction of sp³-hybridized carbons (Fsp3) is 0.308. The number of anilines is 1. The van der Waals surface area contributed by atoms with Gasteiger partial charge in [0.15, 0.2) is 5.82 Å². The number of ether oxygens (including phenoxy) is 2. The molecule has 0 unspecified atom stereocenters. The molecular weight excluding hydrogens is 492 g/mol. The molecule has 0 bridgehead atoms. The molecule has 192 valence electrons. The van der Waals surface area contributed by atoms with Crippen molar-refractivity contribution in [1.82, 2.24) is 24.7 Å². The maximum absolute atomic E-state index is 11.8. The fourth-order valence-electron chi connectivity index (χ4n) is 4.76. The van der Waals surface area contributed by atoms with E-state index in [1.807, 2.05) is 32.0 Å². The molecule has 4 aromatic rings. The third-order valence-corrected chi connectivity index (χ3v) is 7.72. The zero-order chi connectivity index (χ0) is 26.3. The zero-order valence-electron chi connectivity index (χ0n) is 21.1. The molecule has 1 fully saturated rings. The Bertz CT molecular complexity index is 1600. The summed E-state index contributed by atoms with van der Waals surface area (Å²) in [7, 11) is -1.44. The lowest BCUT2D eigenvalue weighted by atomic mass is 9.91. The fourth-order valence-corrected chi connectivity index (χ4v) is 5.92. The third kappa shape index (κ3) is 4.74. The molecular formula is C26H28N6O4S. The van der Waals surface area contributed by atoms with Gasteiger partial charge in [-0.3, -0.25) is 9.97 Å². The third-order valence-electron chi connectivity index (χ3n) is 6.68. The van der Waals surface area contributed by atoms with Crippen LogP contribution in [0.2, 0.25) is 0 Å². The van der Waals surface area contributed by atoms with Crippen molar-refractivity contribution >= 4 is 26.4 Å². The number of nitrogens with zero attached hydrogens (tertiary/aromatic N) is 6. The van der Waals surface area contributed by atoms with Crippen molar-refractivity contribution in [2.75, 3.05) is 30.6 Å². The number of fused-ring (bicyclic) bond motifs is 1. The molecule has 0 aliphatic carbocycles. The lowest BCUT2D eigenvalue weighted by Crippen LogP contribution is -2.57. The van der Waals surface area contributed by atoms with E-state index in [9.17, 15) is 8.42 Å². The summed E-state index contributed by atoms with van der Waals surface area (Å²) in [4.78, 5) is 15.8. The molecule has 0 spiro atoms. The molecule has 2 atom stereocenters. The van der Waals surface area contributed by atoms with E-state index >= 15 is 0 Å². The Hall–Kier alpha value is -3.99. The Morgan fingerprint density at radius 1 is 1.22 bits per heavy atom. The van der Waals surface area contributed by atoms with Crippen molar-refractivity contribution in [3.8, 4) is 28.7 Å². The van der Waals surface area contributed by atoms with Gasteiger partial charge >= 0.3 is 0 Å². The average molecular weight is 521 g/mol. The Balaban J connectivity index is 1.59. The molecule has 1 aliphatic rings. The molecule has 0 N–H and O–H groups in total. The number of pyridine rings is 3. The van der Waals surface area contributed by atoms with Crippen LogP contribution in [0.3, 0.4) is 0 Å². The number of hydrogen-bond acceptors (Lipinski definition) is 9. The van der Waals surface area contributed by atoms with Crippen LogP contribution in [0, 0.1) is 12.8 Å². The van der Waals surface area contributed by atoms with Crippen LogP contribution in [0.25, 0.3) is 28.0 Å². The predicted molar refractivity (Wildman–Crippen MR) is 142 cm³/mol. The Labute approximate surface area is 215 Å². The number of rotatable bonds is 8. The van der Waals surface area contributed by atoms with Crippen LogP contribution in [0.1, 0.15) is 12.6 Å². The molecule has 1 saturated heterocycles. The summed E-state index contributed by atoms with van der Waals surface area (Å²) >= 11 is 0. The van der Waals surface area contributed by atoms with Crippen LogP contribution in [0.4, 0.5) is 5.69 Å². The van der Waals surface area contributed by atoms with Crippen molar-refractivity contribution in [3.63, 3.8) is 0 Å². The van der Waals surface area contributed by atoms with Gasteiger partial charge in [-0.25, -0.2) is 13.1 Å². The second-order valence-electron chi connectivity index (χ2n) is 9.21. The van der Waals surface area contributed by atoms with Crippen molar-refractivity contribution in [3.05, 3.63) is 61.4 Å². The largest absolute Gasteiger partial charge is 0.496 e. The van der Waals surface area contributed by atoms with Crippen molar-refractivity contribution < 1.29 is 17.9 Å².